The molecule has 0 aromatic carbocycles. The van der Waals surface area contributed by atoms with E-state index in [4.69, 9.17) is 33.2 Å². The average molecular weight is 953 g/mol. The molecule has 4 saturated heterocycles. The number of carbonyl (C=O) groups excluding carboxylic acids is 1. The Morgan fingerprint density at radius 2 is 1.21 bits per heavy atom. The first-order valence-corrected chi connectivity index (χ1v) is 24.2. The molecule has 4 heterocycles. The Hall–Kier alpha value is -2.37. The van der Waals surface area contributed by atoms with Crippen molar-refractivity contribution in [3.8, 4) is 0 Å². The molecule has 0 amide bonds. The Bertz CT molecular complexity index is 2000. The minimum absolute atomic E-state index is 0.0602. The molecule has 0 aromatic rings. The maximum atomic E-state index is 13.2. The second-order valence-electron chi connectivity index (χ2n) is 23.6. The molecule has 9 aliphatic rings. The van der Waals surface area contributed by atoms with Crippen molar-refractivity contribution in [2.45, 2.75) is 218 Å². The molecule has 67 heavy (non-hydrogen) atoms. The maximum absolute atomic E-state index is 13.2. The molecular weight excluding hydrogens is 881 g/mol. The summed E-state index contributed by atoms with van der Waals surface area (Å²) in [6, 6.07) is 0. The van der Waals surface area contributed by atoms with Gasteiger partial charge < -0.3 is 79.1 Å². The quantitative estimate of drug-likeness (QED) is 0.0943. The number of aliphatic carboxylic acids is 2. The lowest BCUT2D eigenvalue weighted by Crippen LogP contribution is -2.68. The fourth-order valence-corrected chi connectivity index (χ4v) is 15.5. The van der Waals surface area contributed by atoms with Gasteiger partial charge in [-0.25, -0.2) is 9.59 Å². The lowest BCUT2D eigenvalue weighted by Gasteiger charge is -2.71. The van der Waals surface area contributed by atoms with Crippen LogP contribution in [0.3, 0.4) is 0 Å². The molecular formula is C48H72O19. The molecule has 19 nitrogen and oxygen atoms in total. The summed E-state index contributed by atoms with van der Waals surface area (Å²) in [6.45, 7) is 17.3. The van der Waals surface area contributed by atoms with E-state index in [0.717, 1.165) is 51.4 Å². The minimum atomic E-state index is -2.13. The Morgan fingerprint density at radius 1 is 0.627 bits per heavy atom. The van der Waals surface area contributed by atoms with Crippen molar-refractivity contribution in [2.24, 2.45) is 50.2 Å². The first-order valence-electron chi connectivity index (χ1n) is 24.2. The fraction of sp³-hybridized carbons (Fsp3) is 0.896. The number of carboxylic acid groups (broad SMARTS) is 2. The van der Waals surface area contributed by atoms with Crippen LogP contribution in [0, 0.1) is 50.2 Å². The van der Waals surface area contributed by atoms with Gasteiger partial charge in [0.15, 0.2) is 31.1 Å². The lowest BCUT2D eigenvalue weighted by atomic mass is 9.33. The number of fused-ring (bicyclic) bond motifs is 10. The van der Waals surface area contributed by atoms with Crippen LogP contribution in [0.2, 0.25) is 0 Å². The molecule has 19 heteroatoms. The van der Waals surface area contributed by atoms with Gasteiger partial charge in [-0.1, -0.05) is 53.2 Å². The number of hydrogen-bond donors (Lipinski definition) is 9. The van der Waals surface area contributed by atoms with E-state index >= 15 is 0 Å². The van der Waals surface area contributed by atoms with E-state index in [2.05, 4.69) is 54.5 Å². The standard InChI is InChI=1S/C48H72O19/c1-19-26(49)27(50)32(55)39(61-19)66-36-31(54)29(52)34(38(58)59)65-41(36)67-35-30(53)28(51)33(37(56)57)64-40(35)62-24-12-13-46(6)22(43(24,2)3)11-14-48(8)23(46)10-9-20-21-17-44(4)18-25(63-42(44)60)45(21,5)15-16-47(20,48)7/h9,19,21-36,39-41,49-55H,10-18H2,1-8H3,(H,56,57)(H,58,59)/t19-,21?,22?,23?,24-,25+,26-,27+,28-,29-,30-,31-,32+,33-,34-,35+,36+,39-,40+,41-,44+,45+,46-,47+,48+/m0/s1. The van der Waals surface area contributed by atoms with Gasteiger partial charge in [0, 0.05) is 11.8 Å². The smallest absolute Gasteiger partial charge is 0.335 e. The maximum Gasteiger partial charge on any atom is 0.335 e. The minimum Gasteiger partial charge on any atom is -0.479 e. The molecule has 378 valence electrons. The van der Waals surface area contributed by atoms with Crippen molar-refractivity contribution in [3.05, 3.63) is 11.6 Å². The topological polar surface area (TPSA) is 298 Å². The number of aliphatic hydroxyl groups excluding tert-OH is 7. The zero-order valence-corrected chi connectivity index (χ0v) is 39.6. The van der Waals surface area contributed by atoms with Crippen molar-refractivity contribution in [3.63, 3.8) is 0 Å². The number of ether oxygens (including phenoxy) is 7. The summed E-state index contributed by atoms with van der Waals surface area (Å²) in [6.07, 6.45) is -18.9. The van der Waals surface area contributed by atoms with Crippen LogP contribution >= 0.6 is 0 Å². The number of hydrogen-bond acceptors (Lipinski definition) is 17. The largest absolute Gasteiger partial charge is 0.479 e. The monoisotopic (exact) mass is 952 g/mol. The van der Waals surface area contributed by atoms with E-state index in [1.165, 1.54) is 12.5 Å². The predicted molar refractivity (Wildman–Crippen MR) is 228 cm³/mol. The molecule has 4 saturated carbocycles. The first kappa shape index (κ1) is 49.6. The number of carboxylic acids is 2. The lowest BCUT2D eigenvalue weighted by molar-refractivity contribution is -0.392. The summed E-state index contributed by atoms with van der Waals surface area (Å²) >= 11 is 0. The highest BCUT2D eigenvalue weighted by molar-refractivity contribution is 5.79. The molecule has 5 aliphatic carbocycles. The Labute approximate surface area is 390 Å². The zero-order valence-electron chi connectivity index (χ0n) is 39.6. The number of allylic oxidation sites excluding steroid dienone is 2. The summed E-state index contributed by atoms with van der Waals surface area (Å²) < 4.78 is 41.9. The number of aliphatic hydroxyl groups is 7. The van der Waals surface area contributed by atoms with Gasteiger partial charge in [0.1, 0.15) is 61.0 Å². The fourth-order valence-electron chi connectivity index (χ4n) is 15.5. The molecule has 9 rings (SSSR count). The van der Waals surface area contributed by atoms with E-state index in [9.17, 15) is 60.3 Å². The Balaban J connectivity index is 0.985. The van der Waals surface area contributed by atoms with Crippen molar-refractivity contribution in [2.75, 3.05) is 0 Å². The summed E-state index contributed by atoms with van der Waals surface area (Å²) in [5, 5.41) is 96.4. The third-order valence-corrected chi connectivity index (χ3v) is 19.8. The van der Waals surface area contributed by atoms with E-state index in [-0.39, 0.29) is 45.6 Å². The van der Waals surface area contributed by atoms with Gasteiger partial charge in [-0.05, 0) is 105 Å². The van der Waals surface area contributed by atoms with E-state index in [1.807, 2.05) is 0 Å². The second kappa shape index (κ2) is 16.6. The van der Waals surface area contributed by atoms with Crippen LogP contribution in [0.15, 0.2) is 11.6 Å². The van der Waals surface area contributed by atoms with Crippen molar-refractivity contribution >= 4 is 17.9 Å². The van der Waals surface area contributed by atoms with Gasteiger partial charge in [0.25, 0.3) is 0 Å². The Kier molecular flexibility index (Phi) is 12.3. The average Bonchev–Trinajstić information content (AvgIpc) is 3.52. The van der Waals surface area contributed by atoms with Crippen LogP contribution in [0.5, 0.6) is 0 Å². The predicted octanol–water partition coefficient (Wildman–Crippen LogP) is 1.37. The number of esters is 1. The summed E-state index contributed by atoms with van der Waals surface area (Å²) in [4.78, 5) is 37.9. The van der Waals surface area contributed by atoms with Gasteiger partial charge in [-0.3, -0.25) is 4.79 Å². The van der Waals surface area contributed by atoms with E-state index in [0.29, 0.717) is 12.3 Å². The van der Waals surface area contributed by atoms with Crippen molar-refractivity contribution in [1.82, 2.24) is 0 Å². The highest BCUT2D eigenvalue weighted by atomic mass is 16.8. The summed E-state index contributed by atoms with van der Waals surface area (Å²) in [5.41, 5.74) is -0.0229. The van der Waals surface area contributed by atoms with Crippen LogP contribution in [0.25, 0.3) is 0 Å². The van der Waals surface area contributed by atoms with Crippen LogP contribution in [0.4, 0.5) is 0 Å². The van der Waals surface area contributed by atoms with Crippen LogP contribution in [0.1, 0.15) is 113 Å². The van der Waals surface area contributed by atoms with Crippen molar-refractivity contribution < 1.29 is 93.5 Å². The molecule has 25 atom stereocenters. The van der Waals surface area contributed by atoms with Gasteiger partial charge in [0.05, 0.1) is 17.6 Å². The molecule has 0 aromatic heterocycles. The molecule has 8 fully saturated rings. The SMILES string of the molecule is C[C@@H]1O[C@@H](O[C@H]2[C@H](O[C@H]3[C@H](O[C@H]4CC[C@@]5(C)C(CC[C@]6(C)C5CC=C5C7C[C@]8(C)C[C@@H](OC8=O)[C@]7(C)CC[C@]56C)C4(C)C)O[C@H](C(=O)O)[C@@H](O)[C@@H]3O)O[C@H](C(=O)O)[C@@H](O)[C@@H]2O)[C@H](O)[C@H](O)[C@H]1O. The van der Waals surface area contributed by atoms with Crippen molar-refractivity contribution in [1.29, 1.82) is 0 Å². The van der Waals surface area contributed by atoms with Crippen LogP contribution in [-0.4, -0.2) is 168 Å². The summed E-state index contributed by atoms with van der Waals surface area (Å²) in [5.74, 6) is -2.74. The highest BCUT2D eigenvalue weighted by Crippen LogP contribution is 2.76. The van der Waals surface area contributed by atoms with E-state index in [1.54, 1.807) is 0 Å². The Morgan fingerprint density at radius 3 is 1.81 bits per heavy atom. The second-order valence-corrected chi connectivity index (χ2v) is 23.6. The zero-order chi connectivity index (χ0) is 48.9. The van der Waals surface area contributed by atoms with Gasteiger partial charge in [-0.15, -0.1) is 0 Å². The first-order chi connectivity index (χ1) is 31.1. The van der Waals surface area contributed by atoms with Crippen LogP contribution in [-0.2, 0) is 47.5 Å². The molecule has 2 bridgehead atoms. The molecule has 9 N–H and O–H groups in total. The molecule has 3 unspecified atom stereocenters. The third kappa shape index (κ3) is 7.25. The van der Waals surface area contributed by atoms with Gasteiger partial charge in [0.2, 0.25) is 0 Å². The number of carbonyl (C=O) groups is 3. The third-order valence-electron chi connectivity index (χ3n) is 19.8. The molecule has 0 radical (unpaired) electrons. The van der Waals surface area contributed by atoms with Gasteiger partial charge in [-0.2, -0.15) is 0 Å². The number of rotatable bonds is 8. The molecule has 0 spiro atoms. The normalized spacial score (nSPS) is 55.7. The van der Waals surface area contributed by atoms with Crippen LogP contribution < -0.4 is 0 Å². The highest BCUT2D eigenvalue weighted by Gasteiger charge is 2.71. The summed E-state index contributed by atoms with van der Waals surface area (Å²) in [7, 11) is 0. The molecule has 4 aliphatic heterocycles. The van der Waals surface area contributed by atoms with Gasteiger partial charge >= 0.3 is 17.9 Å². The van der Waals surface area contributed by atoms with E-state index < -0.39 is 121 Å².